The van der Waals surface area contributed by atoms with E-state index in [9.17, 15) is 0 Å². The van der Waals surface area contributed by atoms with Crippen molar-refractivity contribution in [3.8, 4) is 0 Å². The van der Waals surface area contributed by atoms with E-state index in [1.54, 1.807) is 7.11 Å². The van der Waals surface area contributed by atoms with Crippen molar-refractivity contribution in [1.29, 1.82) is 0 Å². The number of H-pyrrole nitrogens is 1. The van der Waals surface area contributed by atoms with Crippen molar-refractivity contribution in [2.45, 2.75) is 32.1 Å². The monoisotopic (exact) mass is 209 g/mol. The molecular weight excluding hydrogens is 190 g/mol. The van der Waals surface area contributed by atoms with Gasteiger partial charge < -0.3 is 10.1 Å². The fourth-order valence-electron chi connectivity index (χ4n) is 2.26. The number of rotatable bonds is 5. The van der Waals surface area contributed by atoms with Gasteiger partial charge >= 0.3 is 0 Å². The molecule has 1 aromatic heterocycles. The molecule has 0 aromatic carbocycles. The van der Waals surface area contributed by atoms with Crippen LogP contribution in [0.15, 0.2) is 0 Å². The first kappa shape index (κ1) is 10.5. The van der Waals surface area contributed by atoms with Gasteiger partial charge in [-0.15, -0.1) is 0 Å². The Kier molecular flexibility index (Phi) is 3.26. The minimum Gasteiger partial charge on any atom is -0.383 e. The van der Waals surface area contributed by atoms with E-state index in [2.05, 4.69) is 22.4 Å². The Balaban J connectivity index is 2.02. The number of anilines is 1. The molecule has 2 rings (SSSR count). The van der Waals surface area contributed by atoms with Gasteiger partial charge in [-0.3, -0.25) is 5.10 Å². The van der Waals surface area contributed by atoms with Crippen LogP contribution in [-0.4, -0.2) is 30.5 Å². The van der Waals surface area contributed by atoms with Crippen molar-refractivity contribution in [2.24, 2.45) is 0 Å². The van der Waals surface area contributed by atoms with Crippen molar-refractivity contribution < 1.29 is 4.74 Å². The van der Waals surface area contributed by atoms with Crippen LogP contribution >= 0.6 is 0 Å². The van der Waals surface area contributed by atoms with E-state index in [0.717, 1.165) is 25.4 Å². The highest BCUT2D eigenvalue weighted by molar-refractivity contribution is 5.50. The van der Waals surface area contributed by atoms with E-state index in [1.165, 1.54) is 24.1 Å². The maximum Gasteiger partial charge on any atom is 0.151 e. The molecule has 4 heteroatoms. The van der Waals surface area contributed by atoms with E-state index in [0.29, 0.717) is 5.92 Å². The number of methoxy groups -OCH3 is 1. The van der Waals surface area contributed by atoms with Crippen molar-refractivity contribution in [2.75, 3.05) is 25.6 Å². The Labute approximate surface area is 90.4 Å². The summed E-state index contributed by atoms with van der Waals surface area (Å²) in [5.41, 5.74) is 2.73. The Morgan fingerprint density at radius 3 is 3.20 bits per heavy atom. The topological polar surface area (TPSA) is 49.9 Å². The molecule has 1 unspecified atom stereocenters. The van der Waals surface area contributed by atoms with Gasteiger partial charge in [0.1, 0.15) is 0 Å². The predicted octanol–water partition coefficient (Wildman–Crippen LogP) is 1.91. The lowest BCUT2D eigenvalue weighted by atomic mass is 10.1. The molecule has 0 radical (unpaired) electrons. The van der Waals surface area contributed by atoms with Crippen LogP contribution in [0.2, 0.25) is 0 Å². The lowest BCUT2D eigenvalue weighted by molar-refractivity contribution is 0.210. The summed E-state index contributed by atoms with van der Waals surface area (Å²) in [4.78, 5) is 0. The van der Waals surface area contributed by atoms with E-state index in [-0.39, 0.29) is 0 Å². The Bertz CT molecular complexity index is 322. The van der Waals surface area contributed by atoms with Gasteiger partial charge in [-0.2, -0.15) is 5.10 Å². The van der Waals surface area contributed by atoms with Crippen LogP contribution in [0.4, 0.5) is 5.82 Å². The van der Waals surface area contributed by atoms with Gasteiger partial charge in [-0.25, -0.2) is 0 Å². The summed E-state index contributed by atoms with van der Waals surface area (Å²) in [6.45, 7) is 3.78. The van der Waals surface area contributed by atoms with Crippen LogP contribution in [0.3, 0.4) is 0 Å². The summed E-state index contributed by atoms with van der Waals surface area (Å²) in [6, 6.07) is 0. The highest BCUT2D eigenvalue weighted by atomic mass is 16.5. The third-order valence-corrected chi connectivity index (χ3v) is 3.14. The largest absolute Gasteiger partial charge is 0.383 e. The van der Waals surface area contributed by atoms with Crippen LogP contribution in [0, 0.1) is 0 Å². The molecule has 0 bridgehead atoms. The fourth-order valence-corrected chi connectivity index (χ4v) is 2.26. The standard InChI is InChI=1S/C11H19N3O/c1-3-8-4-5-9-10(8)13-14-11(9)12-6-7-15-2/h8H,3-7H2,1-2H3,(H2,12,13,14). The third kappa shape index (κ3) is 2.00. The van der Waals surface area contributed by atoms with Crippen molar-refractivity contribution in [1.82, 2.24) is 10.2 Å². The highest BCUT2D eigenvalue weighted by Gasteiger charge is 2.26. The quantitative estimate of drug-likeness (QED) is 0.728. The molecule has 84 valence electrons. The first-order valence-electron chi connectivity index (χ1n) is 5.66. The zero-order valence-electron chi connectivity index (χ0n) is 9.47. The molecule has 1 aliphatic carbocycles. The van der Waals surface area contributed by atoms with Gasteiger partial charge in [0.15, 0.2) is 5.82 Å². The van der Waals surface area contributed by atoms with Gasteiger partial charge in [0.05, 0.1) is 6.61 Å². The Hall–Kier alpha value is -1.03. The van der Waals surface area contributed by atoms with Crippen molar-refractivity contribution >= 4 is 5.82 Å². The summed E-state index contributed by atoms with van der Waals surface area (Å²) in [6.07, 6.45) is 3.62. The zero-order valence-corrected chi connectivity index (χ0v) is 9.47. The average molecular weight is 209 g/mol. The molecule has 4 nitrogen and oxygen atoms in total. The molecule has 1 aliphatic rings. The molecule has 1 atom stereocenters. The normalized spacial score (nSPS) is 19.2. The molecule has 1 heterocycles. The maximum absolute atomic E-state index is 5.00. The smallest absolute Gasteiger partial charge is 0.151 e. The average Bonchev–Trinajstić information content (AvgIpc) is 2.80. The molecule has 0 saturated carbocycles. The Morgan fingerprint density at radius 1 is 1.60 bits per heavy atom. The van der Waals surface area contributed by atoms with Gasteiger partial charge in [0.2, 0.25) is 0 Å². The maximum atomic E-state index is 5.00. The SMILES string of the molecule is CCC1CCc2c(NCCOC)n[nH]c21. The van der Waals surface area contributed by atoms with E-state index < -0.39 is 0 Å². The van der Waals surface area contributed by atoms with E-state index in [1.807, 2.05) is 0 Å². The number of ether oxygens (including phenoxy) is 1. The van der Waals surface area contributed by atoms with Gasteiger partial charge in [0.25, 0.3) is 0 Å². The van der Waals surface area contributed by atoms with Crippen LogP contribution in [0.5, 0.6) is 0 Å². The number of hydrogen-bond acceptors (Lipinski definition) is 3. The molecule has 0 saturated heterocycles. The zero-order chi connectivity index (χ0) is 10.7. The summed E-state index contributed by atoms with van der Waals surface area (Å²) in [5, 5.41) is 10.8. The second-order valence-electron chi connectivity index (χ2n) is 4.03. The minimum atomic E-state index is 0.686. The number of aromatic nitrogens is 2. The second kappa shape index (κ2) is 4.66. The Morgan fingerprint density at radius 2 is 2.47 bits per heavy atom. The number of aromatic amines is 1. The molecule has 2 N–H and O–H groups in total. The number of nitrogens with zero attached hydrogens (tertiary/aromatic N) is 1. The lowest BCUT2D eigenvalue weighted by Crippen LogP contribution is -2.08. The number of fused-ring (bicyclic) bond motifs is 1. The van der Waals surface area contributed by atoms with Gasteiger partial charge in [0, 0.05) is 30.8 Å². The van der Waals surface area contributed by atoms with Gasteiger partial charge in [-0.05, 0) is 19.3 Å². The van der Waals surface area contributed by atoms with Gasteiger partial charge in [-0.1, -0.05) is 6.92 Å². The summed E-state index contributed by atoms with van der Waals surface area (Å²) >= 11 is 0. The summed E-state index contributed by atoms with van der Waals surface area (Å²) < 4.78 is 5.00. The first-order chi connectivity index (χ1) is 7.36. The fraction of sp³-hybridized carbons (Fsp3) is 0.727. The summed E-state index contributed by atoms with van der Waals surface area (Å²) in [5.74, 6) is 1.71. The number of nitrogens with one attached hydrogen (secondary N) is 2. The minimum absolute atomic E-state index is 0.686. The van der Waals surface area contributed by atoms with E-state index >= 15 is 0 Å². The molecule has 1 aromatic rings. The van der Waals surface area contributed by atoms with Crippen LogP contribution in [0.25, 0.3) is 0 Å². The molecule has 15 heavy (non-hydrogen) atoms. The first-order valence-corrected chi connectivity index (χ1v) is 5.66. The molecule has 0 amide bonds. The van der Waals surface area contributed by atoms with Crippen molar-refractivity contribution in [3.63, 3.8) is 0 Å². The summed E-state index contributed by atoms with van der Waals surface area (Å²) in [7, 11) is 1.71. The predicted molar refractivity (Wildman–Crippen MR) is 60.3 cm³/mol. The van der Waals surface area contributed by atoms with Crippen molar-refractivity contribution in [3.05, 3.63) is 11.3 Å². The molecular formula is C11H19N3O. The van der Waals surface area contributed by atoms with E-state index in [4.69, 9.17) is 4.74 Å². The highest BCUT2D eigenvalue weighted by Crippen LogP contribution is 2.37. The molecule has 0 aliphatic heterocycles. The molecule has 0 fully saturated rings. The van der Waals surface area contributed by atoms with Crippen LogP contribution in [0.1, 0.15) is 36.9 Å². The van der Waals surface area contributed by atoms with Crippen LogP contribution in [-0.2, 0) is 11.2 Å². The second-order valence-corrected chi connectivity index (χ2v) is 4.03. The molecule has 0 spiro atoms. The number of hydrogen-bond donors (Lipinski definition) is 2. The van der Waals surface area contributed by atoms with Crippen LogP contribution < -0.4 is 5.32 Å². The third-order valence-electron chi connectivity index (χ3n) is 3.14. The lowest BCUT2D eigenvalue weighted by Gasteiger charge is -2.02.